The number of hydrogen-bond donors (Lipinski definition) is 1. The lowest BCUT2D eigenvalue weighted by atomic mass is 9.94. The van der Waals surface area contributed by atoms with Crippen molar-refractivity contribution in [1.82, 2.24) is 29.7 Å². The molecule has 0 bridgehead atoms. The van der Waals surface area contributed by atoms with Gasteiger partial charge < -0.3 is 19.6 Å². The van der Waals surface area contributed by atoms with Gasteiger partial charge in [-0.2, -0.15) is 9.97 Å². The second-order valence-corrected chi connectivity index (χ2v) is 13.0. The summed E-state index contributed by atoms with van der Waals surface area (Å²) in [6.45, 7) is 4.04. The van der Waals surface area contributed by atoms with E-state index in [1.807, 2.05) is 6.92 Å². The van der Waals surface area contributed by atoms with E-state index in [1.54, 1.807) is 25.1 Å². The number of fused-ring (bicyclic) bond motifs is 3. The standard InChI is InChI=1S/C34H37F3N6O3/c1-4-23-26(36)7-6-19-12-22(44)13-24(27(19)23)30-28(37)31-25(15-38-30)29(20-8-11-42(16-20)33(45)41(2)3)39-32(40-31)46-18-34-9-5-10-43(34)17-21(35)14-34/h6-7,12-13,15,20-21,44H,4-5,8-11,14,16-18H2,1-3H3/t20?,21-,34+/m1/s1. The first-order valence-electron chi connectivity index (χ1n) is 15.9. The Hall–Kier alpha value is -4.19. The number of carbonyl (C=O) groups excluding carboxylic acids is 1. The minimum absolute atomic E-state index is 0.0242. The number of ether oxygens (including phenoxy) is 1. The fourth-order valence-electron chi connectivity index (χ4n) is 7.74. The van der Waals surface area contributed by atoms with Crippen LogP contribution >= 0.6 is 0 Å². The number of aromatic hydroxyl groups is 1. The maximum Gasteiger partial charge on any atom is 0.319 e. The number of phenolic OH excluding ortho intramolecular Hbond substituents is 1. The summed E-state index contributed by atoms with van der Waals surface area (Å²) in [6.07, 6.45) is 3.62. The molecule has 2 aromatic heterocycles. The van der Waals surface area contributed by atoms with Crippen LogP contribution < -0.4 is 4.74 Å². The third kappa shape index (κ3) is 5.06. The topological polar surface area (TPSA) is 94.9 Å². The zero-order valence-electron chi connectivity index (χ0n) is 26.2. The molecule has 3 atom stereocenters. The number of amides is 2. The molecule has 1 unspecified atom stereocenters. The summed E-state index contributed by atoms with van der Waals surface area (Å²) in [6, 6.07) is 5.64. The molecule has 2 amide bonds. The molecule has 0 spiro atoms. The third-order valence-corrected chi connectivity index (χ3v) is 9.91. The summed E-state index contributed by atoms with van der Waals surface area (Å²) in [7, 11) is 3.39. The number of alkyl halides is 1. The van der Waals surface area contributed by atoms with Crippen LogP contribution in [0.3, 0.4) is 0 Å². The van der Waals surface area contributed by atoms with Crippen molar-refractivity contribution in [3.05, 3.63) is 53.4 Å². The number of phenols is 1. The van der Waals surface area contributed by atoms with E-state index in [-0.39, 0.29) is 47.1 Å². The summed E-state index contributed by atoms with van der Waals surface area (Å²) >= 11 is 0. The van der Waals surface area contributed by atoms with E-state index in [2.05, 4.69) is 14.9 Å². The zero-order valence-corrected chi connectivity index (χ0v) is 26.2. The van der Waals surface area contributed by atoms with Gasteiger partial charge in [-0.15, -0.1) is 0 Å². The smallest absolute Gasteiger partial charge is 0.319 e. The second kappa shape index (κ2) is 11.6. The number of pyridine rings is 1. The Bertz CT molecular complexity index is 1850. The van der Waals surface area contributed by atoms with Crippen LogP contribution in [0.2, 0.25) is 0 Å². The van der Waals surface area contributed by atoms with Gasteiger partial charge in [-0.25, -0.2) is 18.0 Å². The first-order valence-corrected chi connectivity index (χ1v) is 15.9. The molecular formula is C34H37F3N6O3. The average Bonchev–Trinajstić information content (AvgIpc) is 3.74. The number of urea groups is 1. The molecule has 0 aliphatic carbocycles. The lowest BCUT2D eigenvalue weighted by molar-refractivity contribution is 0.107. The molecule has 3 aliphatic rings. The highest BCUT2D eigenvalue weighted by Gasteiger charge is 2.49. The van der Waals surface area contributed by atoms with Gasteiger partial charge in [-0.1, -0.05) is 13.0 Å². The molecule has 242 valence electrons. The van der Waals surface area contributed by atoms with E-state index >= 15 is 4.39 Å². The number of likely N-dealkylation sites (tertiary alicyclic amines) is 1. The Morgan fingerprint density at radius 2 is 2.00 bits per heavy atom. The van der Waals surface area contributed by atoms with Crippen molar-refractivity contribution >= 4 is 27.7 Å². The van der Waals surface area contributed by atoms with E-state index in [4.69, 9.17) is 9.72 Å². The van der Waals surface area contributed by atoms with Crippen LogP contribution in [0.15, 0.2) is 30.5 Å². The molecule has 3 saturated heterocycles. The van der Waals surface area contributed by atoms with Gasteiger partial charge in [-0.05, 0) is 66.8 Å². The Balaban J connectivity index is 1.36. The Morgan fingerprint density at radius 1 is 1.17 bits per heavy atom. The minimum atomic E-state index is -0.934. The maximum absolute atomic E-state index is 16.8. The van der Waals surface area contributed by atoms with Gasteiger partial charge in [0.1, 0.15) is 35.6 Å². The van der Waals surface area contributed by atoms with Crippen molar-refractivity contribution in [2.45, 2.75) is 56.7 Å². The largest absolute Gasteiger partial charge is 0.508 e. The third-order valence-electron chi connectivity index (χ3n) is 9.91. The molecule has 12 heteroatoms. The van der Waals surface area contributed by atoms with E-state index < -0.39 is 23.3 Å². The quantitative estimate of drug-likeness (QED) is 0.286. The fourth-order valence-corrected chi connectivity index (χ4v) is 7.74. The van der Waals surface area contributed by atoms with Crippen molar-refractivity contribution in [3.8, 4) is 23.0 Å². The van der Waals surface area contributed by atoms with Gasteiger partial charge in [0.2, 0.25) is 0 Å². The van der Waals surface area contributed by atoms with Crippen LogP contribution in [0.25, 0.3) is 32.9 Å². The van der Waals surface area contributed by atoms with Gasteiger partial charge in [0.05, 0.1) is 11.2 Å². The van der Waals surface area contributed by atoms with Crippen molar-refractivity contribution < 1.29 is 27.8 Å². The zero-order chi connectivity index (χ0) is 32.3. The molecule has 3 fully saturated rings. The molecule has 46 heavy (non-hydrogen) atoms. The molecular weight excluding hydrogens is 597 g/mol. The number of rotatable bonds is 6. The van der Waals surface area contributed by atoms with E-state index in [0.717, 1.165) is 19.4 Å². The maximum atomic E-state index is 16.8. The highest BCUT2D eigenvalue weighted by molar-refractivity contribution is 6.01. The summed E-state index contributed by atoms with van der Waals surface area (Å²) < 4.78 is 52.4. The second-order valence-electron chi connectivity index (χ2n) is 13.0. The lowest BCUT2D eigenvalue weighted by Crippen LogP contribution is -2.43. The minimum Gasteiger partial charge on any atom is -0.508 e. The molecule has 3 aliphatic heterocycles. The first kappa shape index (κ1) is 30.5. The van der Waals surface area contributed by atoms with Gasteiger partial charge in [-0.3, -0.25) is 9.88 Å². The normalized spacial score (nSPS) is 23.0. The number of aromatic nitrogens is 3. The fraction of sp³-hybridized carbons (Fsp3) is 0.471. The van der Waals surface area contributed by atoms with Crippen LogP contribution in [0, 0.1) is 11.6 Å². The number of nitrogens with zero attached hydrogens (tertiary/aromatic N) is 6. The van der Waals surface area contributed by atoms with E-state index in [9.17, 15) is 18.7 Å². The first-order chi connectivity index (χ1) is 22.1. The molecule has 9 nitrogen and oxygen atoms in total. The molecule has 0 saturated carbocycles. The molecule has 4 aromatic rings. The molecule has 5 heterocycles. The van der Waals surface area contributed by atoms with Crippen LogP contribution in [-0.2, 0) is 6.42 Å². The highest BCUT2D eigenvalue weighted by Crippen LogP contribution is 2.42. The van der Waals surface area contributed by atoms with Gasteiger partial charge in [0, 0.05) is 63.2 Å². The predicted octanol–water partition coefficient (Wildman–Crippen LogP) is 5.82. The molecule has 1 N–H and O–H groups in total. The van der Waals surface area contributed by atoms with Crippen molar-refractivity contribution in [1.29, 1.82) is 0 Å². The Kier molecular flexibility index (Phi) is 7.65. The lowest BCUT2D eigenvalue weighted by Gasteiger charge is -2.30. The number of carbonyl (C=O) groups is 1. The predicted molar refractivity (Wildman–Crippen MR) is 168 cm³/mol. The van der Waals surface area contributed by atoms with Gasteiger partial charge in [0.25, 0.3) is 0 Å². The summed E-state index contributed by atoms with van der Waals surface area (Å²) in [5, 5.41) is 12.0. The van der Waals surface area contributed by atoms with Crippen molar-refractivity contribution in [3.63, 3.8) is 0 Å². The van der Waals surface area contributed by atoms with Crippen LogP contribution in [0.4, 0.5) is 18.0 Å². The van der Waals surface area contributed by atoms with Crippen LogP contribution in [-0.4, -0.2) is 99.4 Å². The summed E-state index contributed by atoms with van der Waals surface area (Å²) in [4.78, 5) is 31.9. The Morgan fingerprint density at radius 3 is 2.78 bits per heavy atom. The molecule has 2 aromatic carbocycles. The summed E-state index contributed by atoms with van der Waals surface area (Å²) in [5.74, 6) is -1.52. The molecule has 0 radical (unpaired) electrons. The van der Waals surface area contributed by atoms with Crippen molar-refractivity contribution in [2.75, 3.05) is 46.9 Å². The van der Waals surface area contributed by atoms with Crippen molar-refractivity contribution in [2.24, 2.45) is 0 Å². The van der Waals surface area contributed by atoms with Crippen LogP contribution in [0.1, 0.15) is 49.8 Å². The summed E-state index contributed by atoms with van der Waals surface area (Å²) in [5.41, 5.74) is 0.589. The van der Waals surface area contributed by atoms with E-state index in [1.165, 1.54) is 29.3 Å². The average molecular weight is 635 g/mol. The van der Waals surface area contributed by atoms with Gasteiger partial charge in [0.15, 0.2) is 5.82 Å². The number of aryl methyl sites for hydroxylation is 1. The van der Waals surface area contributed by atoms with E-state index in [0.29, 0.717) is 66.3 Å². The number of halogens is 3. The van der Waals surface area contributed by atoms with Crippen LogP contribution in [0.5, 0.6) is 11.8 Å². The number of benzene rings is 2. The Labute approximate surface area is 265 Å². The van der Waals surface area contributed by atoms with Gasteiger partial charge >= 0.3 is 12.0 Å². The molecule has 7 rings (SSSR count). The SMILES string of the molecule is CCc1c(F)ccc2cc(O)cc(-c3ncc4c(C5CCN(C(=O)N(C)C)C5)nc(OC[C@@]56CCCN5C[C@H](F)C6)nc4c3F)c12. The number of hydrogen-bond acceptors (Lipinski definition) is 7. The highest BCUT2D eigenvalue weighted by atomic mass is 19.1. The monoisotopic (exact) mass is 634 g/mol.